The molecule has 2 rings (SSSR count). The summed E-state index contributed by atoms with van der Waals surface area (Å²) in [5, 5.41) is 0.734. The van der Waals surface area contributed by atoms with Crippen LogP contribution in [0.5, 0.6) is 5.75 Å². The molecule has 1 aromatic carbocycles. The van der Waals surface area contributed by atoms with Crippen molar-refractivity contribution >= 4 is 55.7 Å². The molecule has 0 bridgehead atoms. The molecule has 0 aliphatic carbocycles. The molecule has 0 saturated carbocycles. The van der Waals surface area contributed by atoms with Gasteiger partial charge in [-0.05, 0) is 22.6 Å². The standard InChI is InChI=1S/C8H5ClINOS/c1-12-5-2-4-8(13-3-11-4)6(9)7(5)10/h2-3H,1H3. The van der Waals surface area contributed by atoms with Crippen molar-refractivity contribution in [3.05, 3.63) is 20.2 Å². The van der Waals surface area contributed by atoms with Crippen molar-refractivity contribution in [3.8, 4) is 5.75 Å². The Morgan fingerprint density at radius 1 is 1.62 bits per heavy atom. The summed E-state index contributed by atoms with van der Waals surface area (Å²) in [5.41, 5.74) is 2.68. The first-order valence-corrected chi connectivity index (χ1v) is 5.83. The van der Waals surface area contributed by atoms with Crippen LogP contribution < -0.4 is 4.74 Å². The van der Waals surface area contributed by atoms with Crippen molar-refractivity contribution in [2.75, 3.05) is 7.11 Å². The number of fused-ring (bicyclic) bond motifs is 1. The van der Waals surface area contributed by atoms with Gasteiger partial charge in [0.2, 0.25) is 0 Å². The molecule has 5 heteroatoms. The smallest absolute Gasteiger partial charge is 0.135 e. The molecule has 2 aromatic rings. The maximum Gasteiger partial charge on any atom is 0.135 e. The van der Waals surface area contributed by atoms with Crippen molar-refractivity contribution < 1.29 is 4.74 Å². The first-order chi connectivity index (χ1) is 6.24. The third-order valence-electron chi connectivity index (χ3n) is 1.69. The quantitative estimate of drug-likeness (QED) is 0.748. The van der Waals surface area contributed by atoms with Crippen molar-refractivity contribution in [1.29, 1.82) is 0 Å². The average Bonchev–Trinajstić information content (AvgIpc) is 2.59. The molecule has 13 heavy (non-hydrogen) atoms. The maximum absolute atomic E-state index is 6.13. The fourth-order valence-electron chi connectivity index (χ4n) is 1.07. The molecule has 0 saturated heterocycles. The molecule has 0 fully saturated rings. The van der Waals surface area contributed by atoms with Gasteiger partial charge in [0, 0.05) is 6.07 Å². The third-order valence-corrected chi connectivity index (χ3v) is 4.43. The van der Waals surface area contributed by atoms with E-state index >= 15 is 0 Å². The van der Waals surface area contributed by atoms with Crippen LogP contribution in [-0.2, 0) is 0 Å². The van der Waals surface area contributed by atoms with Gasteiger partial charge in [-0.15, -0.1) is 11.3 Å². The van der Waals surface area contributed by atoms with Gasteiger partial charge < -0.3 is 4.74 Å². The van der Waals surface area contributed by atoms with Crippen molar-refractivity contribution in [2.45, 2.75) is 0 Å². The highest BCUT2D eigenvalue weighted by Gasteiger charge is 2.11. The van der Waals surface area contributed by atoms with E-state index < -0.39 is 0 Å². The monoisotopic (exact) mass is 325 g/mol. The molecule has 0 N–H and O–H groups in total. The van der Waals surface area contributed by atoms with Crippen LogP contribution in [0.4, 0.5) is 0 Å². The lowest BCUT2D eigenvalue weighted by Crippen LogP contribution is -1.87. The molecule has 0 unspecified atom stereocenters. The molecule has 2 nitrogen and oxygen atoms in total. The van der Waals surface area contributed by atoms with Crippen molar-refractivity contribution in [3.63, 3.8) is 0 Å². The van der Waals surface area contributed by atoms with Crippen LogP contribution in [0.3, 0.4) is 0 Å². The van der Waals surface area contributed by atoms with E-state index in [1.807, 2.05) is 6.07 Å². The predicted octanol–water partition coefficient (Wildman–Crippen LogP) is 3.56. The maximum atomic E-state index is 6.13. The molecule has 1 heterocycles. The van der Waals surface area contributed by atoms with E-state index in [9.17, 15) is 0 Å². The Labute approximate surface area is 98.0 Å². The molecule has 0 atom stereocenters. The van der Waals surface area contributed by atoms with E-state index in [1.54, 1.807) is 24.0 Å². The number of methoxy groups -OCH3 is 1. The van der Waals surface area contributed by atoms with Crippen molar-refractivity contribution in [1.82, 2.24) is 4.98 Å². The van der Waals surface area contributed by atoms with Gasteiger partial charge in [-0.1, -0.05) is 11.6 Å². The first-order valence-electron chi connectivity index (χ1n) is 3.49. The summed E-state index contributed by atoms with van der Waals surface area (Å²) < 4.78 is 7.14. The van der Waals surface area contributed by atoms with Gasteiger partial charge in [-0.2, -0.15) is 0 Å². The Morgan fingerprint density at radius 3 is 3.08 bits per heavy atom. The zero-order chi connectivity index (χ0) is 9.42. The van der Waals surface area contributed by atoms with E-state index in [0.717, 1.165) is 24.6 Å². The van der Waals surface area contributed by atoms with Gasteiger partial charge in [-0.3, -0.25) is 0 Å². The summed E-state index contributed by atoms with van der Waals surface area (Å²) >= 11 is 9.85. The van der Waals surface area contributed by atoms with Crippen LogP contribution in [0.1, 0.15) is 0 Å². The summed E-state index contributed by atoms with van der Waals surface area (Å²) in [6.45, 7) is 0. The van der Waals surface area contributed by atoms with Gasteiger partial charge in [0.1, 0.15) is 5.75 Å². The SMILES string of the molecule is COc1cc2ncsc2c(Cl)c1I. The van der Waals surface area contributed by atoms with Gasteiger partial charge >= 0.3 is 0 Å². The fourth-order valence-corrected chi connectivity index (χ4v) is 2.93. The van der Waals surface area contributed by atoms with Crippen LogP contribution in [0.15, 0.2) is 11.6 Å². The highest BCUT2D eigenvalue weighted by atomic mass is 127. The zero-order valence-electron chi connectivity index (χ0n) is 6.67. The normalized spacial score (nSPS) is 10.7. The van der Waals surface area contributed by atoms with Crippen LogP contribution in [0.2, 0.25) is 5.02 Å². The number of rotatable bonds is 1. The largest absolute Gasteiger partial charge is 0.496 e. The summed E-state index contributed by atoms with van der Waals surface area (Å²) in [4.78, 5) is 4.18. The Kier molecular flexibility index (Phi) is 2.62. The van der Waals surface area contributed by atoms with E-state index in [2.05, 4.69) is 27.6 Å². The highest BCUT2D eigenvalue weighted by molar-refractivity contribution is 14.1. The molecule has 0 amide bonds. The van der Waals surface area contributed by atoms with Gasteiger partial charge in [0.15, 0.2) is 0 Å². The van der Waals surface area contributed by atoms with Gasteiger partial charge in [0.25, 0.3) is 0 Å². The second-order valence-electron chi connectivity index (χ2n) is 2.41. The number of ether oxygens (including phenoxy) is 1. The molecule has 0 radical (unpaired) electrons. The van der Waals surface area contributed by atoms with E-state index in [-0.39, 0.29) is 0 Å². The molecular weight excluding hydrogens is 321 g/mol. The molecule has 1 aromatic heterocycles. The molecule has 68 valence electrons. The lowest BCUT2D eigenvalue weighted by atomic mass is 10.3. The zero-order valence-corrected chi connectivity index (χ0v) is 10.4. The number of thiazole rings is 1. The average molecular weight is 326 g/mol. The van der Waals surface area contributed by atoms with Crippen LogP contribution in [0, 0.1) is 3.57 Å². The number of aromatic nitrogens is 1. The summed E-state index contributed by atoms with van der Waals surface area (Å²) in [6.07, 6.45) is 0. The minimum Gasteiger partial charge on any atom is -0.496 e. The Morgan fingerprint density at radius 2 is 2.38 bits per heavy atom. The Hall–Kier alpha value is -0.0700. The number of hydrogen-bond acceptors (Lipinski definition) is 3. The molecular formula is C8H5ClINOS. The number of halogens is 2. The number of nitrogens with zero attached hydrogens (tertiary/aromatic N) is 1. The minimum atomic E-state index is 0.734. The van der Waals surface area contributed by atoms with Gasteiger partial charge in [-0.25, -0.2) is 4.98 Å². The topological polar surface area (TPSA) is 22.1 Å². The van der Waals surface area contributed by atoms with Crippen molar-refractivity contribution in [2.24, 2.45) is 0 Å². The van der Waals surface area contributed by atoms with E-state index in [4.69, 9.17) is 16.3 Å². The second-order valence-corrected chi connectivity index (χ2v) is 4.72. The first kappa shape index (κ1) is 9.48. The Bertz CT molecular complexity index is 457. The number of hydrogen-bond donors (Lipinski definition) is 0. The fraction of sp³-hybridized carbons (Fsp3) is 0.125. The lowest BCUT2D eigenvalue weighted by molar-refractivity contribution is 0.412. The molecule has 0 aliphatic rings. The Balaban J connectivity index is 2.83. The number of benzene rings is 1. The van der Waals surface area contributed by atoms with E-state index in [0.29, 0.717) is 0 Å². The lowest BCUT2D eigenvalue weighted by Gasteiger charge is -2.04. The van der Waals surface area contributed by atoms with Crippen LogP contribution >= 0.6 is 45.5 Å². The molecule has 0 spiro atoms. The molecule has 0 aliphatic heterocycles. The van der Waals surface area contributed by atoms with Crippen LogP contribution in [0.25, 0.3) is 10.2 Å². The highest BCUT2D eigenvalue weighted by Crippen LogP contribution is 2.36. The van der Waals surface area contributed by atoms with Gasteiger partial charge in [0.05, 0.1) is 31.4 Å². The summed E-state index contributed by atoms with van der Waals surface area (Å²) in [5.74, 6) is 0.781. The summed E-state index contributed by atoms with van der Waals surface area (Å²) in [7, 11) is 1.63. The summed E-state index contributed by atoms with van der Waals surface area (Å²) in [6, 6.07) is 1.90. The second kappa shape index (κ2) is 3.59. The third kappa shape index (κ3) is 1.51. The predicted molar refractivity (Wildman–Crippen MR) is 63.9 cm³/mol. The van der Waals surface area contributed by atoms with Crippen LogP contribution in [-0.4, -0.2) is 12.1 Å². The minimum absolute atomic E-state index is 0.734. The van der Waals surface area contributed by atoms with E-state index in [1.165, 1.54) is 0 Å².